The van der Waals surface area contributed by atoms with Gasteiger partial charge in [-0.1, -0.05) is 42.1 Å². The third-order valence-corrected chi connectivity index (χ3v) is 7.89. The van der Waals surface area contributed by atoms with Crippen molar-refractivity contribution in [1.82, 2.24) is 9.13 Å². The number of nitrogens with zero attached hydrogens (tertiary/aromatic N) is 2. The minimum Gasteiger partial charge on any atom is -0.293 e. The summed E-state index contributed by atoms with van der Waals surface area (Å²) in [5.74, 6) is 0. The highest BCUT2D eigenvalue weighted by Crippen LogP contribution is 2.31. The molecular formula is C9H19BrN2Si. The van der Waals surface area contributed by atoms with E-state index in [-0.39, 0.29) is 9.84 Å². The Morgan fingerprint density at radius 3 is 2.54 bits per heavy atom. The van der Waals surface area contributed by atoms with Crippen LogP contribution in [0.4, 0.5) is 0 Å². The summed E-state index contributed by atoms with van der Waals surface area (Å²) in [5, 5.41) is 0.590. The third-order valence-electron chi connectivity index (χ3n) is 3.37. The second-order valence-electron chi connectivity index (χ2n) is 4.16. The summed E-state index contributed by atoms with van der Waals surface area (Å²) in [6, 6.07) is 0.924. The summed E-state index contributed by atoms with van der Waals surface area (Å²) >= 11 is 3.78. The number of alkyl halides is 1. The maximum atomic E-state index is 3.78. The van der Waals surface area contributed by atoms with Crippen molar-refractivity contribution < 1.29 is 0 Å². The van der Waals surface area contributed by atoms with Crippen LogP contribution in [0.1, 0.15) is 39.0 Å². The fourth-order valence-corrected chi connectivity index (χ4v) is 5.43. The average molecular weight is 263 g/mol. The van der Waals surface area contributed by atoms with Crippen molar-refractivity contribution in [2.45, 2.75) is 50.1 Å². The highest BCUT2D eigenvalue weighted by molar-refractivity contribution is 9.09. The standard InChI is InChI=1S/C9H19BrN2Si/c1-2-11-9(10)12(13-11)8-6-4-3-5-7-8/h8-9H,2-7,13H2,1H3. The van der Waals surface area contributed by atoms with Crippen molar-refractivity contribution in [2.24, 2.45) is 0 Å². The molecule has 0 bridgehead atoms. The van der Waals surface area contributed by atoms with Gasteiger partial charge >= 0.3 is 0 Å². The molecule has 0 radical (unpaired) electrons. The van der Waals surface area contributed by atoms with Crippen LogP contribution in [-0.4, -0.2) is 36.6 Å². The molecule has 2 fully saturated rings. The van der Waals surface area contributed by atoms with E-state index in [1.54, 1.807) is 0 Å². The highest BCUT2D eigenvalue weighted by Gasteiger charge is 2.38. The predicted molar refractivity (Wildman–Crippen MR) is 62.4 cm³/mol. The summed E-state index contributed by atoms with van der Waals surface area (Å²) in [6.45, 7) is 3.49. The molecule has 0 aromatic heterocycles. The Morgan fingerprint density at radius 2 is 2.00 bits per heavy atom. The van der Waals surface area contributed by atoms with E-state index < -0.39 is 0 Å². The fraction of sp³-hybridized carbons (Fsp3) is 1.00. The van der Waals surface area contributed by atoms with Gasteiger partial charge in [-0.25, -0.2) is 0 Å². The highest BCUT2D eigenvalue weighted by atomic mass is 79.9. The lowest BCUT2D eigenvalue weighted by Crippen LogP contribution is -2.66. The SMILES string of the molecule is CCN1[SiH2]N(C2CCCCC2)C1Br. The summed E-state index contributed by atoms with van der Waals surface area (Å²) in [6.07, 6.45) is 7.29. The summed E-state index contributed by atoms with van der Waals surface area (Å²) in [7, 11) is -0.0396. The molecule has 0 spiro atoms. The molecule has 1 saturated heterocycles. The molecular weight excluding hydrogens is 244 g/mol. The van der Waals surface area contributed by atoms with Gasteiger partial charge in [-0.05, 0) is 19.4 Å². The first kappa shape index (κ1) is 10.1. The van der Waals surface area contributed by atoms with Gasteiger partial charge in [0.2, 0.25) is 0 Å². The molecule has 0 aromatic rings. The fourth-order valence-electron chi connectivity index (χ4n) is 2.41. The largest absolute Gasteiger partial charge is 0.293 e. The van der Waals surface area contributed by atoms with E-state index in [2.05, 4.69) is 32.0 Å². The maximum absolute atomic E-state index is 3.78. The second-order valence-corrected chi connectivity index (χ2v) is 6.81. The topological polar surface area (TPSA) is 6.48 Å². The van der Waals surface area contributed by atoms with Gasteiger partial charge in [-0.15, -0.1) is 0 Å². The van der Waals surface area contributed by atoms with Gasteiger partial charge in [0.15, 0.2) is 9.84 Å². The lowest BCUT2D eigenvalue weighted by atomic mass is 9.96. The molecule has 1 atom stereocenters. The van der Waals surface area contributed by atoms with E-state index in [1.165, 1.54) is 38.6 Å². The molecule has 76 valence electrons. The monoisotopic (exact) mass is 262 g/mol. The van der Waals surface area contributed by atoms with E-state index in [9.17, 15) is 0 Å². The van der Waals surface area contributed by atoms with Gasteiger partial charge in [-0.3, -0.25) is 9.13 Å². The van der Waals surface area contributed by atoms with E-state index in [0.717, 1.165) is 6.04 Å². The normalized spacial score (nSPS) is 35.1. The molecule has 0 amide bonds. The van der Waals surface area contributed by atoms with Crippen LogP contribution in [0.5, 0.6) is 0 Å². The third kappa shape index (κ3) is 2.01. The molecule has 1 aliphatic carbocycles. The van der Waals surface area contributed by atoms with Gasteiger partial charge in [0, 0.05) is 6.04 Å². The van der Waals surface area contributed by atoms with Crippen molar-refractivity contribution in [2.75, 3.05) is 6.54 Å². The van der Waals surface area contributed by atoms with Crippen LogP contribution in [0, 0.1) is 0 Å². The molecule has 13 heavy (non-hydrogen) atoms. The second kappa shape index (κ2) is 4.42. The van der Waals surface area contributed by atoms with Crippen molar-refractivity contribution in [3.05, 3.63) is 0 Å². The van der Waals surface area contributed by atoms with Crippen LogP contribution in [0.3, 0.4) is 0 Å². The Hall–Kier alpha value is 0.617. The molecule has 1 unspecified atom stereocenters. The molecule has 1 heterocycles. The lowest BCUT2D eigenvalue weighted by molar-refractivity contribution is 0.113. The summed E-state index contributed by atoms with van der Waals surface area (Å²) in [5.41, 5.74) is 0. The number of rotatable bonds is 2. The van der Waals surface area contributed by atoms with Crippen LogP contribution >= 0.6 is 15.9 Å². The van der Waals surface area contributed by atoms with Gasteiger partial charge in [0.05, 0.1) is 0 Å². The Labute approximate surface area is 91.8 Å². The van der Waals surface area contributed by atoms with Gasteiger partial charge in [0.25, 0.3) is 0 Å². The first-order chi connectivity index (χ1) is 6.33. The minimum absolute atomic E-state index is 0.0396. The molecule has 2 aliphatic rings. The first-order valence-electron chi connectivity index (χ1n) is 5.47. The number of hydrogen-bond donors (Lipinski definition) is 0. The van der Waals surface area contributed by atoms with Gasteiger partial charge in [0.1, 0.15) is 5.08 Å². The number of halogens is 1. The van der Waals surface area contributed by atoms with Crippen LogP contribution in [-0.2, 0) is 0 Å². The number of hydrogen-bond acceptors (Lipinski definition) is 2. The zero-order valence-corrected chi connectivity index (χ0v) is 11.4. The lowest BCUT2D eigenvalue weighted by Gasteiger charge is -2.52. The molecule has 1 aliphatic heterocycles. The van der Waals surface area contributed by atoms with Crippen molar-refractivity contribution in [1.29, 1.82) is 0 Å². The Kier molecular flexibility index (Phi) is 3.45. The van der Waals surface area contributed by atoms with Crippen molar-refractivity contribution in [3.63, 3.8) is 0 Å². The smallest absolute Gasteiger partial charge is 0.177 e. The summed E-state index contributed by atoms with van der Waals surface area (Å²) < 4.78 is 5.33. The Morgan fingerprint density at radius 1 is 1.31 bits per heavy atom. The Bertz CT molecular complexity index is 173. The van der Waals surface area contributed by atoms with E-state index in [1.807, 2.05) is 0 Å². The quantitative estimate of drug-likeness (QED) is 0.424. The maximum Gasteiger partial charge on any atom is 0.177 e. The van der Waals surface area contributed by atoms with Crippen molar-refractivity contribution >= 4 is 25.8 Å². The average Bonchev–Trinajstić information content (AvgIpc) is 2.18. The van der Waals surface area contributed by atoms with Crippen LogP contribution < -0.4 is 0 Å². The van der Waals surface area contributed by atoms with E-state index in [4.69, 9.17) is 0 Å². The van der Waals surface area contributed by atoms with Crippen LogP contribution in [0.15, 0.2) is 0 Å². The van der Waals surface area contributed by atoms with Gasteiger partial charge < -0.3 is 0 Å². The molecule has 2 rings (SSSR count). The van der Waals surface area contributed by atoms with Crippen molar-refractivity contribution in [3.8, 4) is 0 Å². The molecule has 1 saturated carbocycles. The molecule has 4 heteroatoms. The zero-order valence-electron chi connectivity index (χ0n) is 8.38. The zero-order chi connectivity index (χ0) is 9.26. The minimum atomic E-state index is -0.0396. The Balaban J connectivity index is 1.82. The van der Waals surface area contributed by atoms with Crippen LogP contribution in [0.2, 0.25) is 0 Å². The van der Waals surface area contributed by atoms with Crippen LogP contribution in [0.25, 0.3) is 0 Å². The first-order valence-corrected chi connectivity index (χ1v) is 7.65. The summed E-state index contributed by atoms with van der Waals surface area (Å²) in [4.78, 5) is 0. The molecule has 0 aromatic carbocycles. The molecule has 2 nitrogen and oxygen atoms in total. The molecule has 0 N–H and O–H groups in total. The van der Waals surface area contributed by atoms with E-state index >= 15 is 0 Å². The van der Waals surface area contributed by atoms with E-state index in [0.29, 0.717) is 5.08 Å². The predicted octanol–water partition coefficient (Wildman–Crippen LogP) is 1.63. The van der Waals surface area contributed by atoms with Gasteiger partial charge in [-0.2, -0.15) is 0 Å².